The van der Waals surface area contributed by atoms with Gasteiger partial charge in [-0.25, -0.2) is 0 Å². The van der Waals surface area contributed by atoms with E-state index in [9.17, 15) is 13.2 Å². The molecule has 0 fully saturated rings. The number of alkyl halides is 3. The molecule has 3 N–H and O–H groups in total. The van der Waals surface area contributed by atoms with E-state index in [1.165, 1.54) is 6.07 Å². The highest BCUT2D eigenvalue weighted by Gasteiger charge is 2.42. The fourth-order valence-electron chi connectivity index (χ4n) is 1.33. The average Bonchev–Trinajstić information content (AvgIpc) is 2.15. The number of benzene rings is 1. The van der Waals surface area contributed by atoms with E-state index >= 15 is 0 Å². The van der Waals surface area contributed by atoms with E-state index in [4.69, 9.17) is 10.8 Å². The Labute approximate surface area is 85.5 Å². The number of aliphatic hydroxyl groups excluding tert-OH is 1. The molecular formula is C10H12F3NO. The SMILES string of the molecule is Cc1ccccc1[C@H](N)[C@H](O)C(F)(F)F. The molecule has 0 aliphatic rings. The first-order chi connectivity index (χ1) is 6.84. The number of hydrogen-bond acceptors (Lipinski definition) is 2. The van der Waals surface area contributed by atoms with E-state index in [1.54, 1.807) is 25.1 Å². The Morgan fingerprint density at radius 3 is 2.27 bits per heavy atom. The minimum Gasteiger partial charge on any atom is -0.382 e. The maximum Gasteiger partial charge on any atom is 0.416 e. The lowest BCUT2D eigenvalue weighted by atomic mass is 9.97. The number of halogens is 3. The number of aliphatic hydroxyl groups is 1. The topological polar surface area (TPSA) is 46.2 Å². The van der Waals surface area contributed by atoms with Crippen LogP contribution in [0.25, 0.3) is 0 Å². The number of hydrogen-bond donors (Lipinski definition) is 2. The molecule has 1 rings (SSSR count). The quantitative estimate of drug-likeness (QED) is 0.798. The molecule has 0 aliphatic heterocycles. The first kappa shape index (κ1) is 12.0. The molecule has 0 spiro atoms. The molecule has 0 amide bonds. The Hall–Kier alpha value is -1.07. The van der Waals surface area contributed by atoms with Gasteiger partial charge in [0.15, 0.2) is 6.10 Å². The van der Waals surface area contributed by atoms with Gasteiger partial charge in [0.2, 0.25) is 0 Å². The molecule has 0 radical (unpaired) electrons. The maximum absolute atomic E-state index is 12.2. The van der Waals surface area contributed by atoms with Gasteiger partial charge in [-0.2, -0.15) is 13.2 Å². The zero-order valence-electron chi connectivity index (χ0n) is 8.12. The van der Waals surface area contributed by atoms with Gasteiger partial charge in [-0.05, 0) is 18.1 Å². The molecule has 2 atom stereocenters. The summed E-state index contributed by atoms with van der Waals surface area (Å²) >= 11 is 0. The molecule has 2 nitrogen and oxygen atoms in total. The summed E-state index contributed by atoms with van der Waals surface area (Å²) in [5.74, 6) is 0. The van der Waals surface area contributed by atoms with Crippen LogP contribution in [0.3, 0.4) is 0 Å². The minimum absolute atomic E-state index is 0.308. The van der Waals surface area contributed by atoms with E-state index in [2.05, 4.69) is 0 Å². The van der Waals surface area contributed by atoms with Gasteiger partial charge in [0.25, 0.3) is 0 Å². The smallest absolute Gasteiger partial charge is 0.382 e. The van der Waals surface area contributed by atoms with Crippen LogP contribution in [-0.2, 0) is 0 Å². The van der Waals surface area contributed by atoms with E-state index in [1.807, 2.05) is 0 Å². The lowest BCUT2D eigenvalue weighted by Gasteiger charge is -2.22. The number of rotatable bonds is 2. The average molecular weight is 219 g/mol. The highest BCUT2D eigenvalue weighted by molar-refractivity contribution is 5.29. The summed E-state index contributed by atoms with van der Waals surface area (Å²) in [4.78, 5) is 0. The zero-order valence-corrected chi connectivity index (χ0v) is 8.12. The van der Waals surface area contributed by atoms with Crippen molar-refractivity contribution in [1.29, 1.82) is 0 Å². The van der Waals surface area contributed by atoms with Crippen LogP contribution in [0.5, 0.6) is 0 Å². The predicted octanol–water partition coefficient (Wildman–Crippen LogP) is 1.92. The minimum atomic E-state index is -4.69. The molecule has 0 heterocycles. The van der Waals surface area contributed by atoms with Crippen molar-refractivity contribution >= 4 is 0 Å². The third-order valence-corrected chi connectivity index (χ3v) is 2.22. The monoisotopic (exact) mass is 219 g/mol. The summed E-state index contributed by atoms with van der Waals surface area (Å²) in [6, 6.07) is 4.98. The van der Waals surface area contributed by atoms with Crippen LogP contribution in [0.15, 0.2) is 24.3 Å². The van der Waals surface area contributed by atoms with Crippen LogP contribution in [-0.4, -0.2) is 17.4 Å². The molecule has 0 saturated heterocycles. The molecule has 84 valence electrons. The molecule has 1 aromatic carbocycles. The lowest BCUT2D eigenvalue weighted by molar-refractivity contribution is -0.210. The van der Waals surface area contributed by atoms with Gasteiger partial charge >= 0.3 is 6.18 Å². The van der Waals surface area contributed by atoms with Crippen molar-refractivity contribution in [2.24, 2.45) is 5.73 Å². The van der Waals surface area contributed by atoms with E-state index < -0.39 is 18.3 Å². The lowest BCUT2D eigenvalue weighted by Crippen LogP contribution is -2.39. The highest BCUT2D eigenvalue weighted by Crippen LogP contribution is 2.29. The Morgan fingerprint density at radius 1 is 1.27 bits per heavy atom. The fourth-order valence-corrected chi connectivity index (χ4v) is 1.33. The van der Waals surface area contributed by atoms with Crippen LogP contribution in [0.2, 0.25) is 0 Å². The largest absolute Gasteiger partial charge is 0.416 e. The van der Waals surface area contributed by atoms with E-state index in [-0.39, 0.29) is 0 Å². The normalized spacial score (nSPS) is 16.1. The molecule has 0 bridgehead atoms. The Bertz CT molecular complexity index is 338. The zero-order chi connectivity index (χ0) is 11.6. The molecule has 0 aliphatic carbocycles. The summed E-state index contributed by atoms with van der Waals surface area (Å²) in [6.45, 7) is 1.65. The highest BCUT2D eigenvalue weighted by atomic mass is 19.4. The molecule has 1 aromatic rings. The van der Waals surface area contributed by atoms with Crippen LogP contribution >= 0.6 is 0 Å². The van der Waals surface area contributed by atoms with Crippen molar-refractivity contribution in [1.82, 2.24) is 0 Å². The molecule has 0 saturated carbocycles. The van der Waals surface area contributed by atoms with Crippen LogP contribution < -0.4 is 5.73 Å². The van der Waals surface area contributed by atoms with Crippen molar-refractivity contribution in [3.8, 4) is 0 Å². The summed E-state index contributed by atoms with van der Waals surface area (Å²) < 4.78 is 36.6. The van der Waals surface area contributed by atoms with Crippen molar-refractivity contribution in [2.75, 3.05) is 0 Å². The van der Waals surface area contributed by atoms with E-state index in [0.717, 1.165) is 0 Å². The molecule has 5 heteroatoms. The summed E-state index contributed by atoms with van der Waals surface area (Å²) in [7, 11) is 0. The second kappa shape index (κ2) is 4.20. The number of aryl methyl sites for hydroxylation is 1. The third kappa shape index (κ3) is 2.70. The number of nitrogens with two attached hydrogens (primary N) is 1. The van der Waals surface area contributed by atoms with Gasteiger partial charge in [-0.15, -0.1) is 0 Å². The predicted molar refractivity (Wildman–Crippen MR) is 50.2 cm³/mol. The van der Waals surface area contributed by atoms with Crippen LogP contribution in [0, 0.1) is 6.92 Å². The summed E-state index contributed by atoms with van der Waals surface area (Å²) in [6.07, 6.45) is -7.22. The summed E-state index contributed by atoms with van der Waals surface area (Å²) in [5.41, 5.74) is 6.30. The first-order valence-electron chi connectivity index (χ1n) is 4.40. The summed E-state index contributed by atoms with van der Waals surface area (Å²) in [5, 5.41) is 8.98. The molecule has 0 aromatic heterocycles. The second-order valence-electron chi connectivity index (χ2n) is 3.37. The molecule has 0 unspecified atom stereocenters. The van der Waals surface area contributed by atoms with Crippen molar-refractivity contribution in [3.63, 3.8) is 0 Å². The van der Waals surface area contributed by atoms with Gasteiger partial charge in [0, 0.05) is 0 Å². The molecule has 15 heavy (non-hydrogen) atoms. The second-order valence-corrected chi connectivity index (χ2v) is 3.37. The van der Waals surface area contributed by atoms with Crippen molar-refractivity contribution in [3.05, 3.63) is 35.4 Å². The fraction of sp³-hybridized carbons (Fsp3) is 0.400. The van der Waals surface area contributed by atoms with Crippen LogP contribution in [0.1, 0.15) is 17.2 Å². The Kier molecular flexibility index (Phi) is 3.36. The van der Waals surface area contributed by atoms with Gasteiger partial charge in [-0.1, -0.05) is 24.3 Å². The molecular weight excluding hydrogens is 207 g/mol. The van der Waals surface area contributed by atoms with Gasteiger partial charge in [0.1, 0.15) is 0 Å². The standard InChI is InChI=1S/C10H12F3NO/c1-6-4-2-3-5-7(6)8(14)9(15)10(11,12)13/h2-5,8-9,15H,14H2,1H3/t8-,9-/m0/s1. The van der Waals surface area contributed by atoms with Gasteiger partial charge < -0.3 is 10.8 Å². The third-order valence-electron chi connectivity index (χ3n) is 2.22. The van der Waals surface area contributed by atoms with Crippen molar-refractivity contribution < 1.29 is 18.3 Å². The van der Waals surface area contributed by atoms with Crippen LogP contribution in [0.4, 0.5) is 13.2 Å². The first-order valence-corrected chi connectivity index (χ1v) is 4.40. The Morgan fingerprint density at radius 2 is 1.80 bits per heavy atom. The Balaban J connectivity index is 2.95. The maximum atomic E-state index is 12.2. The van der Waals surface area contributed by atoms with Gasteiger partial charge in [-0.3, -0.25) is 0 Å². The van der Waals surface area contributed by atoms with Gasteiger partial charge in [0.05, 0.1) is 6.04 Å². The van der Waals surface area contributed by atoms with E-state index in [0.29, 0.717) is 11.1 Å². The van der Waals surface area contributed by atoms with Crippen molar-refractivity contribution in [2.45, 2.75) is 25.2 Å².